The number of thiophene rings is 1. The minimum atomic E-state index is -0.297. The molecule has 1 aromatic carbocycles. The minimum Gasteiger partial charge on any atom is -0.505 e. The Balaban J connectivity index is 1.84. The van der Waals surface area contributed by atoms with E-state index in [1.54, 1.807) is 43.6 Å². The molecule has 3 rings (SSSR count). The number of hydrogen-bond acceptors (Lipinski definition) is 6. The average Bonchev–Trinajstić information content (AvgIpc) is 3.20. The van der Waals surface area contributed by atoms with Gasteiger partial charge in [0.25, 0.3) is 5.91 Å². The molecule has 0 saturated heterocycles. The first kappa shape index (κ1) is 19.9. The van der Waals surface area contributed by atoms with Crippen LogP contribution in [0, 0.1) is 0 Å². The maximum atomic E-state index is 12.2. The third-order valence-corrected chi connectivity index (χ3v) is 5.65. The topological polar surface area (TPSA) is 81.7 Å². The summed E-state index contributed by atoms with van der Waals surface area (Å²) < 4.78 is 0. The Bertz CT molecular complexity index is 904. The maximum Gasteiger partial charge on any atom is 0.257 e. The predicted octanol–water partition coefficient (Wildman–Crippen LogP) is 3.88. The van der Waals surface area contributed by atoms with Gasteiger partial charge in [0, 0.05) is 24.7 Å². The van der Waals surface area contributed by atoms with E-state index in [1.807, 2.05) is 11.4 Å². The zero-order valence-electron chi connectivity index (χ0n) is 16.3. The van der Waals surface area contributed by atoms with E-state index in [0.29, 0.717) is 17.8 Å². The monoisotopic (exact) mass is 399 g/mol. The number of carbonyl (C=O) groups is 2. The first-order chi connectivity index (χ1) is 13.4. The molecular weight excluding hydrogens is 374 g/mol. The van der Waals surface area contributed by atoms with Gasteiger partial charge in [-0.3, -0.25) is 9.59 Å². The van der Waals surface area contributed by atoms with E-state index in [1.165, 1.54) is 9.78 Å². The Morgan fingerprint density at radius 3 is 2.68 bits per heavy atom. The Kier molecular flexibility index (Phi) is 6.04. The van der Waals surface area contributed by atoms with Gasteiger partial charge in [-0.25, -0.2) is 0 Å². The molecule has 1 aliphatic rings. The van der Waals surface area contributed by atoms with Gasteiger partial charge in [-0.05, 0) is 30.0 Å². The number of phenolic OH excluding ortho intramolecular Hbond substituents is 1. The van der Waals surface area contributed by atoms with Crippen LogP contribution in [-0.4, -0.2) is 35.8 Å². The fourth-order valence-corrected chi connectivity index (χ4v) is 3.95. The van der Waals surface area contributed by atoms with Crippen molar-refractivity contribution in [3.63, 3.8) is 0 Å². The molecule has 1 unspecified atom stereocenters. The number of para-hydroxylation sites is 1. The van der Waals surface area contributed by atoms with Crippen LogP contribution in [0.25, 0.3) is 0 Å². The number of amides is 1. The second kappa shape index (κ2) is 8.48. The van der Waals surface area contributed by atoms with Crippen molar-refractivity contribution >= 4 is 28.7 Å². The highest BCUT2D eigenvalue weighted by Crippen LogP contribution is 2.34. The highest BCUT2D eigenvalue weighted by Gasteiger charge is 2.30. The average molecular weight is 400 g/mol. The number of carbonyl (C=O) groups excluding carboxylic acids is 2. The van der Waals surface area contributed by atoms with Crippen LogP contribution in [0.1, 0.15) is 47.5 Å². The van der Waals surface area contributed by atoms with Crippen LogP contribution in [-0.2, 0) is 4.79 Å². The summed E-state index contributed by atoms with van der Waals surface area (Å²) in [7, 11) is 3.25. The van der Waals surface area contributed by atoms with Crippen molar-refractivity contribution in [2.45, 2.75) is 32.2 Å². The highest BCUT2D eigenvalue weighted by molar-refractivity contribution is 7.10. The van der Waals surface area contributed by atoms with Gasteiger partial charge < -0.3 is 20.6 Å². The van der Waals surface area contributed by atoms with Crippen molar-refractivity contribution in [1.29, 1.82) is 0 Å². The quantitative estimate of drug-likeness (QED) is 0.587. The number of rotatable bonds is 8. The third-order valence-electron chi connectivity index (χ3n) is 4.66. The number of allylic oxidation sites excluding steroid dienone is 2. The molecule has 7 heteroatoms. The second-order valence-electron chi connectivity index (χ2n) is 6.98. The molecule has 1 amide bonds. The summed E-state index contributed by atoms with van der Waals surface area (Å²) >= 11 is 1.69. The first-order valence-corrected chi connectivity index (χ1v) is 10.2. The summed E-state index contributed by atoms with van der Waals surface area (Å²) in [6.45, 7) is 2.13. The number of aromatic hydroxyl groups is 1. The number of ketones is 1. The van der Waals surface area contributed by atoms with Crippen LogP contribution in [0.3, 0.4) is 0 Å². The first-order valence-electron chi connectivity index (χ1n) is 9.29. The summed E-state index contributed by atoms with van der Waals surface area (Å²) in [5.74, 6) is -0.474. The van der Waals surface area contributed by atoms with Gasteiger partial charge in [-0.2, -0.15) is 0 Å². The zero-order valence-corrected chi connectivity index (χ0v) is 17.1. The van der Waals surface area contributed by atoms with E-state index in [-0.39, 0.29) is 29.0 Å². The van der Waals surface area contributed by atoms with Crippen LogP contribution >= 0.6 is 11.3 Å². The van der Waals surface area contributed by atoms with Crippen LogP contribution in [0.4, 0.5) is 5.69 Å². The molecule has 28 heavy (non-hydrogen) atoms. The molecule has 1 aliphatic carbocycles. The lowest BCUT2D eigenvalue weighted by atomic mass is 9.96. The lowest BCUT2D eigenvalue weighted by Crippen LogP contribution is -2.34. The fraction of sp³-hybridized carbons (Fsp3) is 0.333. The SMILES string of the molecule is CCCC(NC1=C(Nc2cccc(C(=O)N(C)C)c2O)C(=O)C1)c1cccs1. The van der Waals surface area contributed by atoms with E-state index >= 15 is 0 Å². The van der Waals surface area contributed by atoms with Crippen molar-refractivity contribution in [3.05, 3.63) is 57.5 Å². The molecule has 0 aliphatic heterocycles. The van der Waals surface area contributed by atoms with Crippen LogP contribution in [0.15, 0.2) is 47.1 Å². The number of hydrogen-bond donors (Lipinski definition) is 3. The maximum absolute atomic E-state index is 12.2. The number of Topliss-reactive ketones (excluding diaryl/α,β-unsaturated/α-hetero) is 1. The predicted molar refractivity (Wildman–Crippen MR) is 112 cm³/mol. The van der Waals surface area contributed by atoms with Gasteiger partial charge in [0.1, 0.15) is 5.70 Å². The molecule has 1 heterocycles. The van der Waals surface area contributed by atoms with E-state index < -0.39 is 0 Å². The van der Waals surface area contributed by atoms with E-state index in [0.717, 1.165) is 18.5 Å². The van der Waals surface area contributed by atoms with Crippen molar-refractivity contribution < 1.29 is 14.7 Å². The van der Waals surface area contributed by atoms with Crippen LogP contribution in [0.5, 0.6) is 5.75 Å². The molecule has 3 N–H and O–H groups in total. The van der Waals surface area contributed by atoms with Crippen LogP contribution < -0.4 is 10.6 Å². The molecule has 1 aromatic heterocycles. The van der Waals surface area contributed by atoms with E-state index in [4.69, 9.17) is 0 Å². The highest BCUT2D eigenvalue weighted by atomic mass is 32.1. The Hall–Kier alpha value is -2.80. The van der Waals surface area contributed by atoms with Crippen molar-refractivity contribution in [3.8, 4) is 5.75 Å². The summed E-state index contributed by atoms with van der Waals surface area (Å²) in [5, 5.41) is 19.1. The fourth-order valence-electron chi connectivity index (χ4n) is 3.13. The minimum absolute atomic E-state index is 0.0207. The molecule has 0 bridgehead atoms. The molecule has 0 radical (unpaired) electrons. The van der Waals surface area contributed by atoms with E-state index in [2.05, 4.69) is 23.6 Å². The molecule has 1 atom stereocenters. The smallest absolute Gasteiger partial charge is 0.257 e. The molecule has 2 aromatic rings. The summed E-state index contributed by atoms with van der Waals surface area (Å²) in [4.78, 5) is 27.0. The molecular formula is C21H25N3O3S. The summed E-state index contributed by atoms with van der Waals surface area (Å²) in [5.41, 5.74) is 1.82. The van der Waals surface area contributed by atoms with Gasteiger partial charge in [-0.1, -0.05) is 25.5 Å². The molecule has 0 saturated carbocycles. The lowest BCUT2D eigenvalue weighted by molar-refractivity contribution is -0.116. The normalized spacial score (nSPS) is 14.5. The van der Waals surface area contributed by atoms with Gasteiger partial charge in [-0.15, -0.1) is 11.3 Å². The second-order valence-corrected chi connectivity index (χ2v) is 7.96. The van der Waals surface area contributed by atoms with Crippen molar-refractivity contribution in [2.24, 2.45) is 0 Å². The molecule has 6 nitrogen and oxygen atoms in total. The number of benzene rings is 1. The summed E-state index contributed by atoms with van der Waals surface area (Å²) in [6.07, 6.45) is 2.32. The molecule has 148 valence electrons. The van der Waals surface area contributed by atoms with Crippen LogP contribution in [0.2, 0.25) is 0 Å². The van der Waals surface area contributed by atoms with Crippen molar-refractivity contribution in [2.75, 3.05) is 19.4 Å². The zero-order chi connectivity index (χ0) is 20.3. The number of anilines is 1. The Morgan fingerprint density at radius 1 is 1.29 bits per heavy atom. The number of nitrogens with zero attached hydrogens (tertiary/aromatic N) is 1. The number of nitrogens with one attached hydrogen (secondary N) is 2. The lowest BCUT2D eigenvalue weighted by Gasteiger charge is -2.29. The number of phenols is 1. The van der Waals surface area contributed by atoms with Gasteiger partial charge in [0.15, 0.2) is 11.5 Å². The summed E-state index contributed by atoms with van der Waals surface area (Å²) in [6, 6.07) is 9.17. The largest absolute Gasteiger partial charge is 0.505 e. The van der Waals surface area contributed by atoms with Gasteiger partial charge >= 0.3 is 0 Å². The van der Waals surface area contributed by atoms with Gasteiger partial charge in [0.05, 0.1) is 23.7 Å². The Labute approximate surface area is 168 Å². The molecule has 0 spiro atoms. The molecule has 0 fully saturated rings. The third kappa shape index (κ3) is 4.04. The standard InChI is InChI=1S/C21H25N3O3S/c1-4-7-14(18-10-6-11-28-18)22-16-12-17(25)19(16)23-15-9-5-8-13(20(15)26)21(27)24(2)3/h5-6,8-11,14,22-23,26H,4,7,12H2,1-3H3. The Morgan fingerprint density at radius 2 is 2.07 bits per heavy atom. The van der Waals surface area contributed by atoms with E-state index in [9.17, 15) is 14.7 Å². The van der Waals surface area contributed by atoms with Gasteiger partial charge in [0.2, 0.25) is 0 Å². The van der Waals surface area contributed by atoms with Crippen molar-refractivity contribution in [1.82, 2.24) is 10.2 Å².